The monoisotopic (exact) mass is 230 g/mol. The Bertz CT molecular complexity index is 612. The summed E-state index contributed by atoms with van der Waals surface area (Å²) in [6, 6.07) is 4.17. The number of hydrogen-bond acceptors (Lipinski definition) is 4. The van der Waals surface area contributed by atoms with Crippen molar-refractivity contribution in [3.05, 3.63) is 46.5 Å². The summed E-state index contributed by atoms with van der Waals surface area (Å²) in [5.41, 5.74) is 8.28. The van der Waals surface area contributed by atoms with Gasteiger partial charge >= 0.3 is 0 Å². The van der Waals surface area contributed by atoms with Gasteiger partial charge in [0.05, 0.1) is 24.3 Å². The third-order valence-corrected chi connectivity index (χ3v) is 3.27. The molecule has 0 saturated heterocycles. The lowest BCUT2D eigenvalue weighted by molar-refractivity contribution is 0.942. The highest BCUT2D eigenvalue weighted by molar-refractivity contribution is 7.09. The predicted molar refractivity (Wildman–Crippen MR) is 64.5 cm³/mol. The summed E-state index contributed by atoms with van der Waals surface area (Å²) in [6.45, 7) is 0. The van der Waals surface area contributed by atoms with Gasteiger partial charge < -0.3 is 5.73 Å². The second kappa shape index (κ2) is 3.61. The van der Waals surface area contributed by atoms with Crippen LogP contribution in [0.5, 0.6) is 0 Å². The summed E-state index contributed by atoms with van der Waals surface area (Å²) < 4.78 is 1.72. The van der Waals surface area contributed by atoms with Crippen molar-refractivity contribution in [1.29, 1.82) is 0 Å². The molecule has 0 aliphatic carbocycles. The first-order valence-corrected chi connectivity index (χ1v) is 5.81. The molecule has 0 amide bonds. The van der Waals surface area contributed by atoms with Crippen LogP contribution in [0.25, 0.3) is 5.65 Å². The van der Waals surface area contributed by atoms with Gasteiger partial charge in [0.15, 0.2) is 5.65 Å². The molecule has 3 aromatic rings. The van der Waals surface area contributed by atoms with Crippen LogP contribution in [0.1, 0.15) is 10.4 Å². The van der Waals surface area contributed by atoms with E-state index in [4.69, 9.17) is 5.73 Å². The Hall–Kier alpha value is -1.88. The molecule has 4 nitrogen and oxygen atoms in total. The molecule has 2 N–H and O–H groups in total. The minimum atomic E-state index is 0.623. The molecule has 0 spiro atoms. The molecule has 0 aliphatic heterocycles. The van der Waals surface area contributed by atoms with E-state index < -0.39 is 0 Å². The number of nitrogens with zero attached hydrogens (tertiary/aromatic N) is 3. The Morgan fingerprint density at radius 1 is 1.38 bits per heavy atom. The van der Waals surface area contributed by atoms with Crippen molar-refractivity contribution in [2.45, 2.75) is 6.42 Å². The SMILES string of the molecule is Nc1cnc2c(Cc3cccs3)cnn2c1. The zero-order chi connectivity index (χ0) is 11.0. The number of thiophene rings is 1. The van der Waals surface area contributed by atoms with Gasteiger partial charge in [-0.05, 0) is 11.4 Å². The zero-order valence-corrected chi connectivity index (χ0v) is 9.31. The summed E-state index contributed by atoms with van der Waals surface area (Å²) in [4.78, 5) is 5.61. The summed E-state index contributed by atoms with van der Waals surface area (Å²) in [5.74, 6) is 0. The topological polar surface area (TPSA) is 56.2 Å². The molecule has 3 rings (SSSR count). The van der Waals surface area contributed by atoms with E-state index in [1.54, 1.807) is 28.2 Å². The molecule has 0 fully saturated rings. The van der Waals surface area contributed by atoms with E-state index in [0.29, 0.717) is 5.69 Å². The molecule has 16 heavy (non-hydrogen) atoms. The molecular formula is C11H10N4S. The van der Waals surface area contributed by atoms with Gasteiger partial charge in [-0.15, -0.1) is 11.3 Å². The van der Waals surface area contributed by atoms with Crippen LogP contribution in [-0.4, -0.2) is 14.6 Å². The van der Waals surface area contributed by atoms with Gasteiger partial charge in [-0.25, -0.2) is 9.50 Å². The first kappa shape index (κ1) is 9.35. The van der Waals surface area contributed by atoms with E-state index in [9.17, 15) is 0 Å². The first-order valence-electron chi connectivity index (χ1n) is 4.93. The number of nitrogens with two attached hydrogens (primary N) is 1. The largest absolute Gasteiger partial charge is 0.396 e. The number of fused-ring (bicyclic) bond motifs is 1. The molecule has 0 saturated carbocycles. The van der Waals surface area contributed by atoms with Gasteiger partial charge in [-0.2, -0.15) is 5.10 Å². The quantitative estimate of drug-likeness (QED) is 0.732. The summed E-state index contributed by atoms with van der Waals surface area (Å²) in [7, 11) is 0. The van der Waals surface area contributed by atoms with Crippen LogP contribution in [0.2, 0.25) is 0 Å². The molecule has 0 bridgehead atoms. The van der Waals surface area contributed by atoms with Crippen LogP contribution in [0.4, 0.5) is 5.69 Å². The molecule has 0 radical (unpaired) electrons. The van der Waals surface area contributed by atoms with Crippen LogP contribution in [0, 0.1) is 0 Å². The number of anilines is 1. The van der Waals surface area contributed by atoms with Gasteiger partial charge in [-0.3, -0.25) is 0 Å². The van der Waals surface area contributed by atoms with Crippen LogP contribution < -0.4 is 5.73 Å². The van der Waals surface area contributed by atoms with Crippen molar-refractivity contribution in [1.82, 2.24) is 14.6 Å². The van der Waals surface area contributed by atoms with Gasteiger partial charge in [0, 0.05) is 16.9 Å². The van der Waals surface area contributed by atoms with Crippen molar-refractivity contribution < 1.29 is 0 Å². The van der Waals surface area contributed by atoms with Crippen LogP contribution >= 0.6 is 11.3 Å². The van der Waals surface area contributed by atoms with Crippen molar-refractivity contribution in [3.63, 3.8) is 0 Å². The zero-order valence-electron chi connectivity index (χ0n) is 8.50. The summed E-state index contributed by atoms with van der Waals surface area (Å²) in [5, 5.41) is 6.31. The fourth-order valence-corrected chi connectivity index (χ4v) is 2.39. The molecule has 0 aliphatic rings. The van der Waals surface area contributed by atoms with E-state index in [-0.39, 0.29) is 0 Å². The van der Waals surface area contributed by atoms with Gasteiger partial charge in [-0.1, -0.05) is 6.07 Å². The Kier molecular flexibility index (Phi) is 2.11. The van der Waals surface area contributed by atoms with Gasteiger partial charge in [0.25, 0.3) is 0 Å². The number of hydrogen-bond donors (Lipinski definition) is 1. The Morgan fingerprint density at radius 3 is 3.12 bits per heavy atom. The molecular weight excluding hydrogens is 220 g/mol. The Labute approximate surface area is 96.4 Å². The molecule has 0 aromatic carbocycles. The Balaban J connectivity index is 2.04. The maximum atomic E-state index is 5.65. The van der Waals surface area contributed by atoms with E-state index >= 15 is 0 Å². The van der Waals surface area contributed by atoms with Crippen LogP contribution in [-0.2, 0) is 6.42 Å². The summed E-state index contributed by atoms with van der Waals surface area (Å²) >= 11 is 1.74. The highest BCUT2D eigenvalue weighted by Crippen LogP contribution is 2.17. The highest BCUT2D eigenvalue weighted by Gasteiger charge is 2.06. The van der Waals surface area contributed by atoms with E-state index in [2.05, 4.69) is 27.6 Å². The number of rotatable bonds is 2. The van der Waals surface area contributed by atoms with Crippen molar-refractivity contribution in [2.75, 3.05) is 5.73 Å². The number of nitrogen functional groups attached to an aromatic ring is 1. The molecule has 3 heterocycles. The fraction of sp³-hybridized carbons (Fsp3) is 0.0909. The van der Waals surface area contributed by atoms with Gasteiger partial charge in [0.2, 0.25) is 0 Å². The second-order valence-electron chi connectivity index (χ2n) is 3.58. The van der Waals surface area contributed by atoms with Crippen LogP contribution in [0.15, 0.2) is 36.1 Å². The minimum absolute atomic E-state index is 0.623. The lowest BCUT2D eigenvalue weighted by atomic mass is 10.2. The predicted octanol–water partition coefficient (Wildman–Crippen LogP) is 1.96. The molecule has 0 unspecified atom stereocenters. The lowest BCUT2D eigenvalue weighted by Gasteiger charge is -1.97. The molecule has 80 valence electrons. The first-order chi connectivity index (χ1) is 7.83. The van der Waals surface area contributed by atoms with Crippen LogP contribution in [0.3, 0.4) is 0 Å². The smallest absolute Gasteiger partial charge is 0.158 e. The molecule has 3 aromatic heterocycles. The van der Waals surface area contributed by atoms with E-state index in [1.165, 1.54) is 4.88 Å². The minimum Gasteiger partial charge on any atom is -0.396 e. The van der Waals surface area contributed by atoms with Crippen molar-refractivity contribution in [3.8, 4) is 0 Å². The standard InChI is InChI=1S/C11H10N4S/c12-9-6-13-11-8(5-14-15(11)7-9)4-10-2-1-3-16-10/h1-3,5-7H,4,12H2. The average molecular weight is 230 g/mol. The van der Waals surface area contributed by atoms with Crippen molar-refractivity contribution >= 4 is 22.7 Å². The van der Waals surface area contributed by atoms with E-state index in [1.807, 2.05) is 6.20 Å². The van der Waals surface area contributed by atoms with Gasteiger partial charge in [0.1, 0.15) is 0 Å². The molecule has 0 atom stereocenters. The normalized spacial score (nSPS) is 11.0. The maximum Gasteiger partial charge on any atom is 0.158 e. The highest BCUT2D eigenvalue weighted by atomic mass is 32.1. The molecule has 5 heteroatoms. The third kappa shape index (κ3) is 1.55. The average Bonchev–Trinajstić information content (AvgIpc) is 2.89. The summed E-state index contributed by atoms with van der Waals surface area (Å²) in [6.07, 6.45) is 6.16. The third-order valence-electron chi connectivity index (χ3n) is 2.39. The van der Waals surface area contributed by atoms with E-state index in [0.717, 1.165) is 17.6 Å². The fourth-order valence-electron chi connectivity index (χ4n) is 1.66. The maximum absolute atomic E-state index is 5.65. The lowest BCUT2D eigenvalue weighted by Crippen LogP contribution is -1.95. The number of aromatic nitrogens is 3. The second-order valence-corrected chi connectivity index (χ2v) is 4.61. The Morgan fingerprint density at radius 2 is 2.31 bits per heavy atom. The van der Waals surface area contributed by atoms with Crippen molar-refractivity contribution in [2.24, 2.45) is 0 Å².